The van der Waals surface area contributed by atoms with Crippen molar-refractivity contribution in [1.29, 1.82) is 0 Å². The molecule has 0 aliphatic carbocycles. The molecule has 3 rings (SSSR count). The highest BCUT2D eigenvalue weighted by Gasteiger charge is 2.18. The monoisotopic (exact) mass is 383 g/mol. The minimum absolute atomic E-state index is 0.177. The predicted molar refractivity (Wildman–Crippen MR) is 105 cm³/mol. The van der Waals surface area contributed by atoms with E-state index in [9.17, 15) is 4.79 Å². The lowest BCUT2D eigenvalue weighted by molar-refractivity contribution is -0.139. The molecule has 27 heavy (non-hydrogen) atoms. The van der Waals surface area contributed by atoms with Gasteiger partial charge in [0.25, 0.3) is 0 Å². The van der Waals surface area contributed by atoms with Crippen LogP contribution in [-0.4, -0.2) is 40.2 Å². The minimum Gasteiger partial charge on any atom is -0.497 e. The lowest BCUT2D eigenvalue weighted by Gasteiger charge is -2.11. The molecule has 7 heteroatoms. The van der Waals surface area contributed by atoms with E-state index >= 15 is 0 Å². The third-order valence-electron chi connectivity index (χ3n) is 3.88. The van der Waals surface area contributed by atoms with Gasteiger partial charge in [0.05, 0.1) is 19.5 Å². The van der Waals surface area contributed by atoms with E-state index in [0.717, 1.165) is 22.6 Å². The SMILES string of the molecule is CCOC(=O)CSc1nnc(-c2cccc(OC)c2)n1-c1ccc(C)cc1. The van der Waals surface area contributed by atoms with Gasteiger partial charge in [-0.25, -0.2) is 0 Å². The Bertz CT molecular complexity index is 922. The fraction of sp³-hybridized carbons (Fsp3) is 0.250. The zero-order valence-electron chi connectivity index (χ0n) is 15.5. The van der Waals surface area contributed by atoms with Crippen molar-refractivity contribution in [1.82, 2.24) is 14.8 Å². The number of esters is 1. The van der Waals surface area contributed by atoms with Crippen molar-refractivity contribution in [2.45, 2.75) is 19.0 Å². The second-order valence-electron chi connectivity index (χ2n) is 5.80. The van der Waals surface area contributed by atoms with E-state index < -0.39 is 0 Å². The molecule has 2 aromatic carbocycles. The summed E-state index contributed by atoms with van der Waals surface area (Å²) in [5.41, 5.74) is 2.97. The Morgan fingerprint density at radius 2 is 1.93 bits per heavy atom. The molecule has 1 aromatic heterocycles. The van der Waals surface area contributed by atoms with Crippen molar-refractivity contribution in [2.75, 3.05) is 19.5 Å². The molecule has 0 fully saturated rings. The van der Waals surface area contributed by atoms with Gasteiger partial charge in [0.1, 0.15) is 5.75 Å². The first-order valence-electron chi connectivity index (χ1n) is 8.57. The van der Waals surface area contributed by atoms with Crippen LogP contribution in [0.15, 0.2) is 53.7 Å². The standard InChI is InChI=1S/C20H21N3O3S/c1-4-26-18(24)13-27-20-22-21-19(15-6-5-7-17(12-15)25-3)23(20)16-10-8-14(2)9-11-16/h5-12H,4,13H2,1-3H3. The van der Waals surface area contributed by atoms with Crippen LogP contribution in [0.2, 0.25) is 0 Å². The van der Waals surface area contributed by atoms with Gasteiger partial charge in [0.2, 0.25) is 0 Å². The van der Waals surface area contributed by atoms with Crippen molar-refractivity contribution >= 4 is 17.7 Å². The number of hydrogen-bond acceptors (Lipinski definition) is 6. The highest BCUT2D eigenvalue weighted by atomic mass is 32.2. The van der Waals surface area contributed by atoms with Crippen molar-refractivity contribution in [2.24, 2.45) is 0 Å². The fourth-order valence-corrected chi connectivity index (χ4v) is 3.32. The quantitative estimate of drug-likeness (QED) is 0.455. The summed E-state index contributed by atoms with van der Waals surface area (Å²) in [7, 11) is 1.63. The Morgan fingerprint density at radius 3 is 2.63 bits per heavy atom. The van der Waals surface area contributed by atoms with Crippen LogP contribution in [0.1, 0.15) is 12.5 Å². The first-order valence-corrected chi connectivity index (χ1v) is 9.56. The highest BCUT2D eigenvalue weighted by molar-refractivity contribution is 7.99. The van der Waals surface area contributed by atoms with Crippen LogP contribution in [0.25, 0.3) is 17.1 Å². The number of rotatable bonds is 7. The first kappa shape index (κ1) is 19.0. The maximum Gasteiger partial charge on any atom is 0.316 e. The lowest BCUT2D eigenvalue weighted by atomic mass is 10.2. The largest absolute Gasteiger partial charge is 0.497 e. The van der Waals surface area contributed by atoms with E-state index in [1.807, 2.05) is 60.0 Å². The summed E-state index contributed by atoms with van der Waals surface area (Å²) < 4.78 is 12.3. The van der Waals surface area contributed by atoms with E-state index in [0.29, 0.717) is 17.6 Å². The number of nitrogens with zero attached hydrogens (tertiary/aromatic N) is 3. The van der Waals surface area contributed by atoms with Gasteiger partial charge in [-0.05, 0) is 38.1 Å². The van der Waals surface area contributed by atoms with Crippen molar-refractivity contribution in [3.05, 3.63) is 54.1 Å². The first-order chi connectivity index (χ1) is 13.1. The minimum atomic E-state index is -0.274. The number of hydrogen-bond donors (Lipinski definition) is 0. The molecule has 0 unspecified atom stereocenters. The van der Waals surface area contributed by atoms with Crippen LogP contribution in [0, 0.1) is 6.92 Å². The maximum absolute atomic E-state index is 11.8. The van der Waals surface area contributed by atoms with Crippen LogP contribution >= 0.6 is 11.8 Å². The van der Waals surface area contributed by atoms with Crippen LogP contribution in [0.4, 0.5) is 0 Å². The van der Waals surface area contributed by atoms with Crippen molar-refractivity contribution < 1.29 is 14.3 Å². The maximum atomic E-state index is 11.8. The Kier molecular flexibility index (Phi) is 6.13. The normalized spacial score (nSPS) is 10.6. The number of carbonyl (C=O) groups excluding carboxylic acids is 1. The van der Waals surface area contributed by atoms with Gasteiger partial charge in [-0.3, -0.25) is 9.36 Å². The number of aromatic nitrogens is 3. The van der Waals surface area contributed by atoms with Crippen LogP contribution in [0.5, 0.6) is 5.75 Å². The molecule has 0 aliphatic heterocycles. The Morgan fingerprint density at radius 1 is 1.15 bits per heavy atom. The third-order valence-corrected chi connectivity index (χ3v) is 4.78. The number of thioether (sulfide) groups is 1. The second-order valence-corrected chi connectivity index (χ2v) is 6.75. The van der Waals surface area contributed by atoms with E-state index in [1.54, 1.807) is 14.0 Å². The molecule has 0 saturated carbocycles. The Balaban J connectivity index is 2.02. The highest BCUT2D eigenvalue weighted by Crippen LogP contribution is 2.29. The molecule has 3 aromatic rings. The van der Waals surface area contributed by atoms with Crippen LogP contribution in [0.3, 0.4) is 0 Å². The van der Waals surface area contributed by atoms with Gasteiger partial charge in [-0.2, -0.15) is 0 Å². The molecule has 0 aliphatic rings. The molecule has 0 saturated heterocycles. The van der Waals surface area contributed by atoms with Crippen molar-refractivity contribution in [3.63, 3.8) is 0 Å². The zero-order chi connectivity index (χ0) is 19.2. The van der Waals surface area contributed by atoms with E-state index in [1.165, 1.54) is 11.8 Å². The number of benzene rings is 2. The molecule has 0 atom stereocenters. The summed E-state index contributed by atoms with van der Waals surface area (Å²) in [5.74, 6) is 1.33. The van der Waals surface area contributed by atoms with Gasteiger partial charge in [-0.15, -0.1) is 10.2 Å². The van der Waals surface area contributed by atoms with Gasteiger partial charge >= 0.3 is 5.97 Å². The van der Waals surface area contributed by atoms with Crippen LogP contribution in [-0.2, 0) is 9.53 Å². The summed E-state index contributed by atoms with van der Waals surface area (Å²) in [5, 5.41) is 9.30. The molecular formula is C20H21N3O3S. The number of carbonyl (C=O) groups is 1. The predicted octanol–water partition coefficient (Wildman–Crippen LogP) is 3.91. The van der Waals surface area contributed by atoms with Crippen LogP contribution < -0.4 is 4.74 Å². The van der Waals surface area contributed by atoms with Gasteiger partial charge in [-0.1, -0.05) is 41.6 Å². The number of aryl methyl sites for hydroxylation is 1. The third kappa shape index (κ3) is 4.49. The Hall–Kier alpha value is -2.80. The van der Waals surface area contributed by atoms with E-state index in [2.05, 4.69) is 10.2 Å². The summed E-state index contributed by atoms with van der Waals surface area (Å²) in [6, 6.07) is 15.7. The smallest absolute Gasteiger partial charge is 0.316 e. The average Bonchev–Trinajstić information content (AvgIpc) is 3.11. The summed E-state index contributed by atoms with van der Waals surface area (Å²) in [4.78, 5) is 11.8. The van der Waals surface area contributed by atoms with Gasteiger partial charge < -0.3 is 9.47 Å². The number of methoxy groups -OCH3 is 1. The average molecular weight is 383 g/mol. The molecule has 1 heterocycles. The lowest BCUT2D eigenvalue weighted by Crippen LogP contribution is -2.08. The molecule has 6 nitrogen and oxygen atoms in total. The summed E-state index contributed by atoms with van der Waals surface area (Å²) in [6.45, 7) is 4.19. The van der Waals surface area contributed by atoms with Gasteiger partial charge in [0.15, 0.2) is 11.0 Å². The molecule has 0 N–H and O–H groups in total. The molecule has 140 valence electrons. The fourth-order valence-electron chi connectivity index (χ4n) is 2.57. The number of ether oxygens (including phenoxy) is 2. The molecule has 0 spiro atoms. The van der Waals surface area contributed by atoms with E-state index in [4.69, 9.17) is 9.47 Å². The van der Waals surface area contributed by atoms with E-state index in [-0.39, 0.29) is 11.7 Å². The topological polar surface area (TPSA) is 66.2 Å². The second kappa shape index (κ2) is 8.73. The Labute approximate surface area is 162 Å². The molecule has 0 radical (unpaired) electrons. The van der Waals surface area contributed by atoms with Crippen molar-refractivity contribution in [3.8, 4) is 22.8 Å². The molecular weight excluding hydrogens is 362 g/mol. The molecule has 0 bridgehead atoms. The molecule has 0 amide bonds. The summed E-state index contributed by atoms with van der Waals surface area (Å²) in [6.07, 6.45) is 0. The zero-order valence-corrected chi connectivity index (χ0v) is 16.3. The summed E-state index contributed by atoms with van der Waals surface area (Å²) >= 11 is 1.30. The van der Waals surface area contributed by atoms with Gasteiger partial charge in [0, 0.05) is 11.3 Å².